The Bertz CT molecular complexity index is 1190. The molecule has 1 amide bonds. The summed E-state index contributed by atoms with van der Waals surface area (Å²) >= 11 is 0. The molecule has 2 atom stereocenters. The standard InChI is InChI=1S/C65H121NO5/c1-3-5-7-9-11-13-15-17-19-20-23-27-31-35-39-43-47-51-55-59-65(70)71-60-56-52-48-44-40-36-32-28-25-22-21-24-26-30-34-38-42-46-50-54-58-64(69)66-62(61-67)63(68)57-53-49-45-41-37-33-29-18-16-14-12-10-8-6-4-2/h11,13,17,19,21,24,53,57,62-63,67-68H,3-10,12,14-16,18,20,22-23,25-52,54-56,58-61H2,1-2H3,(H,66,69)/b13-11-,19-17-,24-21-,57-53+. The predicted molar refractivity (Wildman–Crippen MR) is 310 cm³/mol. The summed E-state index contributed by atoms with van der Waals surface area (Å²) in [6, 6.07) is -0.635. The molecule has 0 radical (unpaired) electrons. The molecule has 416 valence electrons. The maximum Gasteiger partial charge on any atom is 0.305 e. The van der Waals surface area contributed by atoms with Crippen LogP contribution in [0.2, 0.25) is 0 Å². The van der Waals surface area contributed by atoms with E-state index in [1.807, 2.05) is 6.08 Å². The SMILES string of the molecule is CCCCC/C=C\C/C=C\CCCCCCCCCCCC(=O)OCCCCCCCCCCC/C=C\CCCCCCCCCC(=O)NC(CO)C(O)/C=C/CCCCCCCCCCCCCCC. The Labute approximate surface area is 442 Å². The van der Waals surface area contributed by atoms with Crippen LogP contribution in [0.5, 0.6) is 0 Å². The van der Waals surface area contributed by atoms with Gasteiger partial charge in [-0.25, -0.2) is 0 Å². The normalized spacial score (nSPS) is 12.9. The van der Waals surface area contributed by atoms with Gasteiger partial charge in [0.15, 0.2) is 0 Å². The van der Waals surface area contributed by atoms with Crippen LogP contribution in [0.3, 0.4) is 0 Å². The second kappa shape index (κ2) is 60.4. The number of allylic oxidation sites excluding steroid dienone is 7. The number of amides is 1. The first-order chi connectivity index (χ1) is 35.0. The monoisotopic (exact) mass is 996 g/mol. The number of hydrogen-bond donors (Lipinski definition) is 3. The van der Waals surface area contributed by atoms with Crippen molar-refractivity contribution in [3.05, 3.63) is 48.6 Å². The van der Waals surface area contributed by atoms with Crippen molar-refractivity contribution in [1.82, 2.24) is 5.32 Å². The molecule has 71 heavy (non-hydrogen) atoms. The molecular formula is C65H121NO5. The summed E-state index contributed by atoms with van der Waals surface area (Å²) in [6.45, 7) is 4.88. The maximum atomic E-state index is 12.5. The van der Waals surface area contributed by atoms with E-state index in [4.69, 9.17) is 4.74 Å². The number of rotatable bonds is 58. The molecule has 2 unspecified atom stereocenters. The molecule has 0 heterocycles. The molecule has 0 spiro atoms. The second-order valence-electron chi connectivity index (χ2n) is 21.4. The zero-order valence-electron chi connectivity index (χ0n) is 47.5. The average Bonchev–Trinajstić information content (AvgIpc) is 3.37. The van der Waals surface area contributed by atoms with E-state index in [1.165, 1.54) is 244 Å². The highest BCUT2D eigenvalue weighted by Crippen LogP contribution is 2.16. The molecule has 0 aliphatic carbocycles. The van der Waals surface area contributed by atoms with Crippen LogP contribution in [0, 0.1) is 0 Å². The van der Waals surface area contributed by atoms with Crippen LogP contribution in [0.15, 0.2) is 48.6 Å². The lowest BCUT2D eigenvalue weighted by Gasteiger charge is -2.20. The zero-order chi connectivity index (χ0) is 51.4. The Balaban J connectivity index is 3.44. The Morgan fingerprint density at radius 1 is 0.394 bits per heavy atom. The fraction of sp³-hybridized carbons (Fsp3) is 0.846. The number of carbonyl (C=O) groups excluding carboxylic acids is 2. The van der Waals surface area contributed by atoms with Crippen LogP contribution < -0.4 is 5.32 Å². The molecule has 0 rings (SSSR count). The molecule has 0 aromatic rings. The van der Waals surface area contributed by atoms with Gasteiger partial charge in [0.2, 0.25) is 5.91 Å². The van der Waals surface area contributed by atoms with Crippen LogP contribution in [-0.4, -0.2) is 47.4 Å². The van der Waals surface area contributed by atoms with Crippen molar-refractivity contribution < 1.29 is 24.5 Å². The van der Waals surface area contributed by atoms with Gasteiger partial charge in [0, 0.05) is 12.8 Å². The first kappa shape index (κ1) is 68.8. The molecule has 0 saturated carbocycles. The fourth-order valence-corrected chi connectivity index (χ4v) is 9.48. The lowest BCUT2D eigenvalue weighted by molar-refractivity contribution is -0.143. The van der Waals surface area contributed by atoms with Crippen molar-refractivity contribution in [2.45, 2.75) is 341 Å². The molecule has 0 aliphatic heterocycles. The van der Waals surface area contributed by atoms with Gasteiger partial charge in [-0.05, 0) is 89.9 Å². The van der Waals surface area contributed by atoms with E-state index in [9.17, 15) is 19.8 Å². The van der Waals surface area contributed by atoms with Crippen LogP contribution in [0.25, 0.3) is 0 Å². The average molecular weight is 997 g/mol. The van der Waals surface area contributed by atoms with E-state index in [0.717, 1.165) is 57.8 Å². The minimum Gasteiger partial charge on any atom is -0.466 e. The van der Waals surface area contributed by atoms with E-state index >= 15 is 0 Å². The van der Waals surface area contributed by atoms with E-state index in [-0.39, 0.29) is 18.5 Å². The fourth-order valence-electron chi connectivity index (χ4n) is 9.48. The Kier molecular flexibility index (Phi) is 58.5. The molecule has 3 N–H and O–H groups in total. The van der Waals surface area contributed by atoms with Gasteiger partial charge in [-0.2, -0.15) is 0 Å². The quantitative estimate of drug-likeness (QED) is 0.0321. The van der Waals surface area contributed by atoms with Gasteiger partial charge in [0.1, 0.15) is 0 Å². The van der Waals surface area contributed by atoms with Gasteiger partial charge in [0.25, 0.3) is 0 Å². The van der Waals surface area contributed by atoms with Crippen molar-refractivity contribution in [2.75, 3.05) is 13.2 Å². The molecule has 0 aromatic carbocycles. The number of aliphatic hydroxyl groups excluding tert-OH is 2. The van der Waals surface area contributed by atoms with Crippen LogP contribution in [-0.2, 0) is 14.3 Å². The van der Waals surface area contributed by atoms with Crippen molar-refractivity contribution in [1.29, 1.82) is 0 Å². The van der Waals surface area contributed by atoms with Gasteiger partial charge in [-0.15, -0.1) is 0 Å². The summed E-state index contributed by atoms with van der Waals surface area (Å²) in [7, 11) is 0. The Hall–Kier alpha value is -2.18. The number of esters is 1. The smallest absolute Gasteiger partial charge is 0.305 e. The molecule has 0 aromatic heterocycles. The number of nitrogens with one attached hydrogen (secondary N) is 1. The third kappa shape index (κ3) is 57.0. The van der Waals surface area contributed by atoms with Gasteiger partial charge in [-0.3, -0.25) is 9.59 Å². The highest BCUT2D eigenvalue weighted by molar-refractivity contribution is 5.76. The minimum atomic E-state index is -0.851. The number of aliphatic hydroxyl groups is 2. The summed E-state index contributed by atoms with van der Waals surface area (Å²) < 4.78 is 5.49. The number of carbonyl (C=O) groups is 2. The predicted octanol–water partition coefficient (Wildman–Crippen LogP) is 19.7. The van der Waals surface area contributed by atoms with Gasteiger partial charge < -0.3 is 20.3 Å². The van der Waals surface area contributed by atoms with Crippen molar-refractivity contribution >= 4 is 11.9 Å². The van der Waals surface area contributed by atoms with Gasteiger partial charge in [-0.1, -0.05) is 274 Å². The maximum absolute atomic E-state index is 12.5. The van der Waals surface area contributed by atoms with Gasteiger partial charge in [0.05, 0.1) is 25.4 Å². The highest BCUT2D eigenvalue weighted by atomic mass is 16.5. The van der Waals surface area contributed by atoms with E-state index in [2.05, 4.69) is 55.6 Å². The van der Waals surface area contributed by atoms with Crippen molar-refractivity contribution in [2.24, 2.45) is 0 Å². The van der Waals surface area contributed by atoms with E-state index in [0.29, 0.717) is 19.4 Å². The molecule has 6 nitrogen and oxygen atoms in total. The Morgan fingerprint density at radius 3 is 1.11 bits per heavy atom. The number of ether oxygens (including phenoxy) is 1. The summed E-state index contributed by atoms with van der Waals surface area (Å²) in [5.74, 6) is -0.0746. The van der Waals surface area contributed by atoms with E-state index < -0.39 is 12.1 Å². The van der Waals surface area contributed by atoms with Crippen LogP contribution in [0.1, 0.15) is 328 Å². The lowest BCUT2D eigenvalue weighted by atomic mass is 10.0. The first-order valence-corrected chi connectivity index (χ1v) is 31.4. The first-order valence-electron chi connectivity index (χ1n) is 31.4. The van der Waals surface area contributed by atoms with Crippen molar-refractivity contribution in [3.63, 3.8) is 0 Å². The Morgan fingerprint density at radius 2 is 0.704 bits per heavy atom. The molecule has 0 fully saturated rings. The van der Waals surface area contributed by atoms with Crippen LogP contribution in [0.4, 0.5) is 0 Å². The summed E-state index contributed by atoms with van der Waals surface area (Å²) in [5, 5.41) is 23.1. The molecule has 0 bridgehead atoms. The van der Waals surface area contributed by atoms with Gasteiger partial charge >= 0.3 is 5.97 Å². The topological polar surface area (TPSA) is 95.9 Å². The zero-order valence-corrected chi connectivity index (χ0v) is 47.5. The summed E-state index contributed by atoms with van der Waals surface area (Å²) in [5.41, 5.74) is 0. The summed E-state index contributed by atoms with van der Waals surface area (Å²) in [4.78, 5) is 24.6. The van der Waals surface area contributed by atoms with Crippen molar-refractivity contribution in [3.8, 4) is 0 Å². The van der Waals surface area contributed by atoms with E-state index in [1.54, 1.807) is 6.08 Å². The number of unbranched alkanes of at least 4 members (excludes halogenated alkanes) is 41. The van der Waals surface area contributed by atoms with Crippen LogP contribution >= 0.6 is 0 Å². The molecular weight excluding hydrogens is 875 g/mol. The molecule has 6 heteroatoms. The minimum absolute atomic E-state index is 0.00156. The second-order valence-corrected chi connectivity index (χ2v) is 21.4. The largest absolute Gasteiger partial charge is 0.466 e. The third-order valence-corrected chi connectivity index (χ3v) is 14.3. The number of hydrogen-bond acceptors (Lipinski definition) is 5. The highest BCUT2D eigenvalue weighted by Gasteiger charge is 2.18. The molecule has 0 saturated heterocycles. The lowest BCUT2D eigenvalue weighted by Crippen LogP contribution is -2.45. The summed E-state index contributed by atoms with van der Waals surface area (Å²) in [6.07, 6.45) is 77.2. The third-order valence-electron chi connectivity index (χ3n) is 14.3. The molecule has 0 aliphatic rings.